The van der Waals surface area contributed by atoms with Crippen LogP contribution in [0.1, 0.15) is 0 Å². The van der Waals surface area contributed by atoms with Crippen molar-refractivity contribution < 1.29 is 13.2 Å². The summed E-state index contributed by atoms with van der Waals surface area (Å²) in [4.78, 5) is 2.66. The molecule has 0 atom stereocenters. The molecule has 10 heteroatoms. The van der Waals surface area contributed by atoms with Gasteiger partial charge >= 0.3 is 0 Å². The molecule has 2 aromatic heterocycles. The number of hydrogen-bond donors (Lipinski definition) is 0. The molecule has 2 heterocycles. The Kier molecular flexibility index (Phi) is 5.11. The van der Waals surface area contributed by atoms with Crippen LogP contribution in [0.2, 0.25) is 0 Å². The predicted octanol–water partition coefficient (Wildman–Crippen LogP) is 1.73. The van der Waals surface area contributed by atoms with Gasteiger partial charge in [-0.15, -0.1) is 21.5 Å². The van der Waals surface area contributed by atoms with Crippen molar-refractivity contribution in [2.24, 2.45) is 0 Å². The van der Waals surface area contributed by atoms with E-state index in [1.54, 1.807) is 23.5 Å². The van der Waals surface area contributed by atoms with E-state index in [9.17, 15) is 8.42 Å². The van der Waals surface area contributed by atoms with Crippen molar-refractivity contribution in [1.82, 2.24) is 24.5 Å². The number of tetrazole rings is 1. The summed E-state index contributed by atoms with van der Waals surface area (Å²) >= 11 is 1.55. The summed E-state index contributed by atoms with van der Waals surface area (Å²) < 4.78 is 30.8. The Labute approximate surface area is 149 Å². The van der Waals surface area contributed by atoms with E-state index < -0.39 is 10.0 Å². The monoisotopic (exact) mass is 379 g/mol. The zero-order chi connectivity index (χ0) is 17.9. The first-order chi connectivity index (χ1) is 12.0. The molecule has 0 aliphatic rings. The van der Waals surface area contributed by atoms with Crippen LogP contribution in [-0.4, -0.2) is 53.6 Å². The molecular formula is C15H17N5O3S2. The highest BCUT2D eigenvalue weighted by atomic mass is 32.2. The number of hydrogen-bond acceptors (Lipinski definition) is 7. The fourth-order valence-corrected chi connectivity index (χ4v) is 3.56. The van der Waals surface area contributed by atoms with Gasteiger partial charge in [-0.3, -0.25) is 0 Å². The molecule has 3 aromatic rings. The van der Waals surface area contributed by atoms with Crippen molar-refractivity contribution in [2.75, 3.05) is 20.7 Å². The van der Waals surface area contributed by atoms with E-state index in [1.807, 2.05) is 17.5 Å². The lowest BCUT2D eigenvalue weighted by molar-refractivity contribution is 0.280. The minimum Gasteiger partial charge on any atom is -0.492 e. The van der Waals surface area contributed by atoms with Crippen LogP contribution in [0, 0.1) is 0 Å². The third-order valence-electron chi connectivity index (χ3n) is 3.36. The fraction of sp³-hybridized carbons (Fsp3) is 0.267. The molecule has 0 N–H and O–H groups in total. The van der Waals surface area contributed by atoms with Crippen LogP contribution in [0.4, 0.5) is 0 Å². The van der Waals surface area contributed by atoms with Gasteiger partial charge in [0.15, 0.2) is 0 Å². The number of thiophene rings is 1. The minimum atomic E-state index is -3.43. The summed E-state index contributed by atoms with van der Waals surface area (Å²) in [5.74, 6) is 1.17. The molecule has 25 heavy (non-hydrogen) atoms. The van der Waals surface area contributed by atoms with Gasteiger partial charge in [0.25, 0.3) is 0 Å². The van der Waals surface area contributed by atoms with Crippen LogP contribution in [-0.2, 0) is 16.6 Å². The topological polar surface area (TPSA) is 90.2 Å². The Morgan fingerprint density at radius 2 is 1.96 bits per heavy atom. The zero-order valence-corrected chi connectivity index (χ0v) is 15.4. The second kappa shape index (κ2) is 7.30. The molecule has 0 saturated carbocycles. The average molecular weight is 379 g/mol. The maximum atomic E-state index is 12.0. The van der Waals surface area contributed by atoms with Gasteiger partial charge in [-0.25, -0.2) is 12.7 Å². The Bertz CT molecular complexity index is 918. The van der Waals surface area contributed by atoms with Gasteiger partial charge in [0.1, 0.15) is 12.4 Å². The molecule has 0 bridgehead atoms. The van der Waals surface area contributed by atoms with Crippen molar-refractivity contribution in [3.63, 3.8) is 0 Å². The highest BCUT2D eigenvalue weighted by molar-refractivity contribution is 7.89. The lowest BCUT2D eigenvalue weighted by Gasteiger charge is -2.12. The lowest BCUT2D eigenvalue weighted by atomic mass is 10.3. The van der Waals surface area contributed by atoms with Gasteiger partial charge in [-0.05, 0) is 40.9 Å². The minimum absolute atomic E-state index is 0.225. The van der Waals surface area contributed by atoms with Gasteiger partial charge < -0.3 is 4.74 Å². The normalized spacial score (nSPS) is 11.8. The van der Waals surface area contributed by atoms with Crippen LogP contribution in [0.15, 0.2) is 46.7 Å². The van der Waals surface area contributed by atoms with Crippen molar-refractivity contribution in [2.45, 2.75) is 11.4 Å². The largest absolute Gasteiger partial charge is 0.492 e. The fourth-order valence-electron chi connectivity index (χ4n) is 2.01. The molecule has 0 amide bonds. The van der Waals surface area contributed by atoms with Crippen molar-refractivity contribution >= 4 is 21.4 Å². The average Bonchev–Trinajstić information content (AvgIpc) is 3.26. The summed E-state index contributed by atoms with van der Waals surface area (Å²) in [5, 5.41) is 14.2. The smallest absolute Gasteiger partial charge is 0.242 e. The molecule has 0 radical (unpaired) electrons. The Balaban J connectivity index is 1.56. The first kappa shape index (κ1) is 17.5. The number of nitrogens with zero attached hydrogens (tertiary/aromatic N) is 5. The van der Waals surface area contributed by atoms with Crippen LogP contribution in [0.25, 0.3) is 10.7 Å². The Hall–Kier alpha value is -2.30. The van der Waals surface area contributed by atoms with Gasteiger partial charge in [0.2, 0.25) is 15.8 Å². The van der Waals surface area contributed by atoms with Gasteiger partial charge in [0, 0.05) is 14.1 Å². The lowest BCUT2D eigenvalue weighted by Crippen LogP contribution is -2.22. The third kappa shape index (κ3) is 4.03. The molecular weight excluding hydrogens is 362 g/mol. The van der Waals surface area contributed by atoms with E-state index >= 15 is 0 Å². The quantitative estimate of drug-likeness (QED) is 0.621. The van der Waals surface area contributed by atoms with Crippen molar-refractivity contribution in [3.8, 4) is 16.5 Å². The summed E-state index contributed by atoms with van der Waals surface area (Å²) in [5.41, 5.74) is 0. The summed E-state index contributed by atoms with van der Waals surface area (Å²) in [7, 11) is -0.439. The molecule has 0 saturated heterocycles. The van der Waals surface area contributed by atoms with E-state index in [0.717, 1.165) is 4.88 Å². The zero-order valence-electron chi connectivity index (χ0n) is 13.7. The maximum absolute atomic E-state index is 12.0. The molecule has 1 aromatic carbocycles. The predicted molar refractivity (Wildman–Crippen MR) is 93.9 cm³/mol. The number of sulfonamides is 1. The Morgan fingerprint density at radius 1 is 1.20 bits per heavy atom. The molecule has 0 aliphatic heterocycles. The van der Waals surface area contributed by atoms with E-state index in [4.69, 9.17) is 4.74 Å². The summed E-state index contributed by atoms with van der Waals surface area (Å²) in [6, 6.07) is 10.2. The summed E-state index contributed by atoms with van der Waals surface area (Å²) in [6.07, 6.45) is 0. The van der Waals surface area contributed by atoms with Crippen molar-refractivity contribution in [3.05, 3.63) is 41.8 Å². The molecule has 0 fully saturated rings. The van der Waals surface area contributed by atoms with Crippen LogP contribution in [0.5, 0.6) is 5.75 Å². The van der Waals surface area contributed by atoms with E-state index in [-0.39, 0.29) is 4.90 Å². The van der Waals surface area contributed by atoms with Crippen molar-refractivity contribution in [1.29, 1.82) is 0 Å². The van der Waals surface area contributed by atoms with Gasteiger partial charge in [0.05, 0.1) is 16.3 Å². The Morgan fingerprint density at radius 3 is 2.60 bits per heavy atom. The van der Waals surface area contributed by atoms with E-state index in [2.05, 4.69) is 15.4 Å². The molecule has 0 unspecified atom stereocenters. The maximum Gasteiger partial charge on any atom is 0.242 e. The van der Waals surface area contributed by atoms with E-state index in [1.165, 1.54) is 35.3 Å². The number of rotatable bonds is 7. The molecule has 132 valence electrons. The first-order valence-corrected chi connectivity index (χ1v) is 9.76. The number of aromatic nitrogens is 4. The van der Waals surface area contributed by atoms with E-state index in [0.29, 0.717) is 24.7 Å². The highest BCUT2D eigenvalue weighted by Crippen LogP contribution is 2.20. The number of benzene rings is 1. The highest BCUT2D eigenvalue weighted by Gasteiger charge is 2.16. The van der Waals surface area contributed by atoms with Crippen LogP contribution < -0.4 is 4.74 Å². The third-order valence-corrected chi connectivity index (χ3v) is 6.05. The first-order valence-electron chi connectivity index (χ1n) is 7.44. The standard InChI is InChI=1S/C15H17N5O3S2/c1-19(2)25(21,22)13-7-5-12(6-8-13)23-10-9-20-17-15(16-18-20)14-4-3-11-24-14/h3-8,11H,9-10H2,1-2H3. The van der Waals surface area contributed by atoms with Crippen LogP contribution in [0.3, 0.4) is 0 Å². The second-order valence-corrected chi connectivity index (χ2v) is 8.39. The molecule has 0 spiro atoms. The molecule has 0 aliphatic carbocycles. The van der Waals surface area contributed by atoms with Crippen LogP contribution >= 0.6 is 11.3 Å². The molecule has 8 nitrogen and oxygen atoms in total. The second-order valence-electron chi connectivity index (χ2n) is 5.29. The van der Waals surface area contributed by atoms with Gasteiger partial charge in [-0.2, -0.15) is 4.80 Å². The molecule has 3 rings (SSSR count). The van der Waals surface area contributed by atoms with Gasteiger partial charge in [-0.1, -0.05) is 6.07 Å². The SMILES string of the molecule is CN(C)S(=O)(=O)c1ccc(OCCn2nnc(-c3cccs3)n2)cc1. The number of ether oxygens (including phenoxy) is 1. The summed E-state index contributed by atoms with van der Waals surface area (Å²) in [6.45, 7) is 0.788.